The molecule has 0 aromatic heterocycles. The summed E-state index contributed by atoms with van der Waals surface area (Å²) in [6, 6.07) is 0.250. The van der Waals surface area contributed by atoms with E-state index in [4.69, 9.17) is 4.74 Å². The third-order valence-corrected chi connectivity index (χ3v) is 3.34. The molecule has 0 spiro atoms. The van der Waals surface area contributed by atoms with Crippen LogP contribution in [-0.2, 0) is 9.53 Å². The second-order valence-corrected chi connectivity index (χ2v) is 5.08. The number of ether oxygens (including phenoxy) is 1. The molecule has 1 N–H and O–H groups in total. The van der Waals surface area contributed by atoms with E-state index in [1.807, 2.05) is 20.8 Å². The first-order valence-electron chi connectivity index (χ1n) is 5.89. The van der Waals surface area contributed by atoms with E-state index >= 15 is 0 Å². The first-order valence-corrected chi connectivity index (χ1v) is 5.89. The molecule has 0 saturated carbocycles. The molecule has 3 nitrogen and oxygen atoms in total. The van der Waals surface area contributed by atoms with Gasteiger partial charge in [-0.25, -0.2) is 0 Å². The van der Waals surface area contributed by atoms with Gasteiger partial charge in [-0.05, 0) is 46.1 Å². The van der Waals surface area contributed by atoms with Gasteiger partial charge in [0.25, 0.3) is 0 Å². The molecule has 0 aromatic rings. The van der Waals surface area contributed by atoms with Crippen molar-refractivity contribution in [2.24, 2.45) is 11.3 Å². The maximum absolute atomic E-state index is 11.8. The van der Waals surface area contributed by atoms with Gasteiger partial charge in [-0.3, -0.25) is 4.79 Å². The van der Waals surface area contributed by atoms with Gasteiger partial charge in [-0.1, -0.05) is 6.92 Å². The second-order valence-electron chi connectivity index (χ2n) is 5.08. The molecule has 3 heteroatoms. The van der Waals surface area contributed by atoms with Gasteiger partial charge in [0.05, 0.1) is 12.0 Å². The monoisotopic (exact) mass is 213 g/mol. The zero-order chi connectivity index (χ0) is 11.5. The molecule has 0 radical (unpaired) electrons. The summed E-state index contributed by atoms with van der Waals surface area (Å²) < 4.78 is 5.12. The van der Waals surface area contributed by atoms with Gasteiger partial charge >= 0.3 is 5.97 Å². The van der Waals surface area contributed by atoms with Gasteiger partial charge in [0.15, 0.2) is 0 Å². The lowest BCUT2D eigenvalue weighted by Gasteiger charge is -2.38. The van der Waals surface area contributed by atoms with E-state index in [1.54, 1.807) is 0 Å². The average Bonchev–Trinajstić information content (AvgIpc) is 2.18. The summed E-state index contributed by atoms with van der Waals surface area (Å²) in [6.45, 7) is 9.51. The van der Waals surface area contributed by atoms with Crippen LogP contribution in [0.25, 0.3) is 0 Å². The number of esters is 1. The zero-order valence-electron chi connectivity index (χ0n) is 10.3. The maximum atomic E-state index is 11.8. The molecule has 1 fully saturated rings. The fraction of sp³-hybridized carbons (Fsp3) is 0.917. The van der Waals surface area contributed by atoms with E-state index < -0.39 is 5.41 Å². The molecular formula is C12H23NO2. The van der Waals surface area contributed by atoms with Crippen molar-refractivity contribution in [3.8, 4) is 0 Å². The van der Waals surface area contributed by atoms with Crippen LogP contribution < -0.4 is 5.32 Å². The minimum Gasteiger partial charge on any atom is -0.466 e. The normalized spacial score (nSPS) is 27.5. The Balaban J connectivity index is 2.62. The highest BCUT2D eigenvalue weighted by atomic mass is 16.5. The Morgan fingerprint density at radius 2 is 2.20 bits per heavy atom. The molecule has 1 aliphatic heterocycles. The molecular weight excluding hydrogens is 190 g/mol. The molecule has 1 heterocycles. The standard InChI is InChI=1S/C12H23NO2/c1-5-15-11(14)12(3,4)10-8-9(2)6-7-13-10/h9-10,13H,5-8H2,1-4H3/t9-,10+/m1/s1. The number of hydrogen-bond donors (Lipinski definition) is 1. The van der Waals surface area contributed by atoms with Crippen LogP contribution in [0.2, 0.25) is 0 Å². The lowest BCUT2D eigenvalue weighted by molar-refractivity contribution is -0.155. The summed E-state index contributed by atoms with van der Waals surface area (Å²) in [7, 11) is 0. The molecule has 1 rings (SSSR count). The highest BCUT2D eigenvalue weighted by molar-refractivity contribution is 5.76. The van der Waals surface area contributed by atoms with Crippen LogP contribution >= 0.6 is 0 Å². The summed E-state index contributed by atoms with van der Waals surface area (Å²) in [4.78, 5) is 11.8. The number of rotatable bonds is 3. The predicted molar refractivity (Wildman–Crippen MR) is 60.6 cm³/mol. The minimum atomic E-state index is -0.412. The molecule has 1 saturated heterocycles. The van der Waals surface area contributed by atoms with Gasteiger partial charge in [0.2, 0.25) is 0 Å². The smallest absolute Gasteiger partial charge is 0.313 e. The van der Waals surface area contributed by atoms with Gasteiger partial charge < -0.3 is 10.1 Å². The van der Waals surface area contributed by atoms with Gasteiger partial charge in [-0.2, -0.15) is 0 Å². The lowest BCUT2D eigenvalue weighted by Crippen LogP contribution is -2.51. The second kappa shape index (κ2) is 4.97. The van der Waals surface area contributed by atoms with E-state index in [2.05, 4.69) is 12.2 Å². The Bertz CT molecular complexity index is 226. The number of piperidine rings is 1. The molecule has 88 valence electrons. The Hall–Kier alpha value is -0.570. The fourth-order valence-corrected chi connectivity index (χ4v) is 2.12. The van der Waals surface area contributed by atoms with Gasteiger partial charge in [0.1, 0.15) is 0 Å². The Morgan fingerprint density at radius 1 is 1.53 bits per heavy atom. The first-order chi connectivity index (χ1) is 6.98. The lowest BCUT2D eigenvalue weighted by atomic mass is 9.77. The highest BCUT2D eigenvalue weighted by Gasteiger charge is 2.39. The number of carbonyl (C=O) groups is 1. The van der Waals surface area contributed by atoms with E-state index in [0.29, 0.717) is 12.5 Å². The third kappa shape index (κ3) is 2.94. The number of nitrogens with one attached hydrogen (secondary N) is 1. The SMILES string of the molecule is CCOC(=O)C(C)(C)[C@@H]1C[C@H](C)CCN1. The van der Waals surface area contributed by atoms with Crippen LogP contribution in [0, 0.1) is 11.3 Å². The summed E-state index contributed by atoms with van der Waals surface area (Å²) >= 11 is 0. The van der Waals surface area contributed by atoms with Crippen LogP contribution in [0.3, 0.4) is 0 Å². The molecule has 0 bridgehead atoms. The van der Waals surface area contributed by atoms with Crippen LogP contribution in [-0.4, -0.2) is 25.2 Å². The minimum absolute atomic E-state index is 0.0865. The van der Waals surface area contributed by atoms with Gasteiger partial charge in [-0.15, -0.1) is 0 Å². The molecule has 1 aliphatic rings. The van der Waals surface area contributed by atoms with Gasteiger partial charge in [0, 0.05) is 6.04 Å². The summed E-state index contributed by atoms with van der Waals surface area (Å²) in [5, 5.41) is 3.43. The average molecular weight is 213 g/mol. The van der Waals surface area contributed by atoms with E-state index in [0.717, 1.165) is 13.0 Å². The number of carbonyl (C=O) groups excluding carboxylic acids is 1. The van der Waals surface area contributed by atoms with Crippen molar-refractivity contribution >= 4 is 5.97 Å². The van der Waals surface area contributed by atoms with Crippen molar-refractivity contribution < 1.29 is 9.53 Å². The molecule has 0 amide bonds. The topological polar surface area (TPSA) is 38.3 Å². The largest absolute Gasteiger partial charge is 0.466 e. The third-order valence-electron chi connectivity index (χ3n) is 3.34. The van der Waals surface area contributed by atoms with Crippen molar-refractivity contribution in [2.75, 3.05) is 13.2 Å². The molecule has 0 unspecified atom stereocenters. The summed E-state index contributed by atoms with van der Waals surface area (Å²) in [6.07, 6.45) is 2.27. The van der Waals surface area contributed by atoms with Crippen molar-refractivity contribution in [1.82, 2.24) is 5.32 Å². The zero-order valence-corrected chi connectivity index (χ0v) is 10.3. The van der Waals surface area contributed by atoms with Crippen LogP contribution in [0.5, 0.6) is 0 Å². The quantitative estimate of drug-likeness (QED) is 0.728. The molecule has 0 aliphatic carbocycles. The van der Waals surface area contributed by atoms with E-state index in [1.165, 1.54) is 6.42 Å². The Labute approximate surface area is 92.6 Å². The van der Waals surface area contributed by atoms with Crippen molar-refractivity contribution in [1.29, 1.82) is 0 Å². The molecule has 15 heavy (non-hydrogen) atoms. The predicted octanol–water partition coefficient (Wildman–Crippen LogP) is 1.96. The fourth-order valence-electron chi connectivity index (χ4n) is 2.12. The van der Waals surface area contributed by atoms with Crippen molar-refractivity contribution in [3.05, 3.63) is 0 Å². The van der Waals surface area contributed by atoms with Crippen molar-refractivity contribution in [3.63, 3.8) is 0 Å². The Morgan fingerprint density at radius 3 is 2.73 bits per heavy atom. The van der Waals surface area contributed by atoms with Crippen LogP contribution in [0.4, 0.5) is 0 Å². The molecule has 0 aromatic carbocycles. The maximum Gasteiger partial charge on any atom is 0.313 e. The first kappa shape index (κ1) is 12.5. The van der Waals surface area contributed by atoms with Crippen molar-refractivity contribution in [2.45, 2.75) is 46.6 Å². The number of hydrogen-bond acceptors (Lipinski definition) is 3. The van der Waals surface area contributed by atoms with Crippen LogP contribution in [0.15, 0.2) is 0 Å². The van der Waals surface area contributed by atoms with Crippen LogP contribution in [0.1, 0.15) is 40.5 Å². The highest BCUT2D eigenvalue weighted by Crippen LogP contribution is 2.30. The summed E-state index contributed by atoms with van der Waals surface area (Å²) in [5.41, 5.74) is -0.412. The Kier molecular flexibility index (Phi) is 4.14. The molecule has 2 atom stereocenters. The van der Waals surface area contributed by atoms with E-state index in [9.17, 15) is 4.79 Å². The van der Waals surface area contributed by atoms with E-state index in [-0.39, 0.29) is 12.0 Å². The summed E-state index contributed by atoms with van der Waals surface area (Å²) in [5.74, 6) is 0.613.